The van der Waals surface area contributed by atoms with Gasteiger partial charge in [-0.15, -0.1) is 11.3 Å². The van der Waals surface area contributed by atoms with E-state index < -0.39 is 29.2 Å². The number of halogens is 5. The molecule has 29 heavy (non-hydrogen) atoms. The second kappa shape index (κ2) is 8.06. The lowest BCUT2D eigenvalue weighted by atomic mass is 10.0. The molecule has 3 rings (SSSR count). The summed E-state index contributed by atoms with van der Waals surface area (Å²) in [6.07, 6.45) is -4.66. The molecule has 2 N–H and O–H groups in total. The van der Waals surface area contributed by atoms with Crippen molar-refractivity contribution in [2.45, 2.75) is 6.18 Å². The highest BCUT2D eigenvalue weighted by atomic mass is 35.5. The lowest BCUT2D eigenvalue weighted by molar-refractivity contribution is -0.137. The Morgan fingerprint density at radius 3 is 2.28 bits per heavy atom. The number of benzene rings is 2. The van der Waals surface area contributed by atoms with Crippen LogP contribution in [0.1, 0.15) is 26.3 Å². The minimum Gasteiger partial charge on any atom is -0.478 e. The normalized spacial score (nSPS) is 11.3. The lowest BCUT2D eigenvalue weighted by Crippen LogP contribution is -2.15. The third-order valence-electron chi connectivity index (χ3n) is 3.93. The average molecular weight is 460 g/mol. The lowest BCUT2D eigenvalue weighted by Gasteiger charge is -2.11. The molecule has 2 aromatic carbocycles. The van der Waals surface area contributed by atoms with Gasteiger partial charge in [-0.05, 0) is 35.9 Å². The molecule has 150 valence electrons. The monoisotopic (exact) mass is 459 g/mol. The molecule has 0 spiro atoms. The van der Waals surface area contributed by atoms with Crippen LogP contribution in [-0.2, 0) is 6.18 Å². The maximum absolute atomic E-state index is 12.9. The Morgan fingerprint density at radius 1 is 1.03 bits per heavy atom. The summed E-state index contributed by atoms with van der Waals surface area (Å²) in [5.74, 6) is -2.25. The van der Waals surface area contributed by atoms with Gasteiger partial charge in [0.15, 0.2) is 0 Å². The van der Waals surface area contributed by atoms with E-state index in [1.54, 1.807) is 24.3 Å². The second-order valence-electron chi connectivity index (χ2n) is 5.81. The molecule has 1 aromatic heterocycles. The summed E-state index contributed by atoms with van der Waals surface area (Å²) < 4.78 is 38.8. The predicted octanol–water partition coefficient (Wildman–Crippen LogP) is 6.69. The third-order valence-corrected chi connectivity index (χ3v) is 5.40. The van der Waals surface area contributed by atoms with Crippen molar-refractivity contribution in [2.24, 2.45) is 0 Å². The molecule has 4 nitrogen and oxygen atoms in total. The first-order valence-corrected chi connectivity index (χ1v) is 9.50. The van der Waals surface area contributed by atoms with Crippen LogP contribution in [0.3, 0.4) is 0 Å². The molecule has 0 unspecified atom stereocenters. The zero-order chi connectivity index (χ0) is 21.3. The van der Waals surface area contributed by atoms with Crippen LogP contribution in [-0.4, -0.2) is 17.0 Å². The van der Waals surface area contributed by atoms with E-state index in [1.165, 1.54) is 5.38 Å². The van der Waals surface area contributed by atoms with Crippen LogP contribution in [0.15, 0.2) is 47.8 Å². The predicted molar refractivity (Wildman–Crippen MR) is 106 cm³/mol. The van der Waals surface area contributed by atoms with Crippen LogP contribution >= 0.6 is 34.5 Å². The van der Waals surface area contributed by atoms with Crippen LogP contribution in [0.25, 0.3) is 11.1 Å². The van der Waals surface area contributed by atoms with Crippen LogP contribution < -0.4 is 5.32 Å². The number of hydrogen-bond donors (Lipinski definition) is 2. The molecule has 0 aliphatic rings. The van der Waals surface area contributed by atoms with E-state index in [9.17, 15) is 27.9 Å². The number of carbonyl (C=O) groups excluding carboxylic acids is 1. The first-order valence-electron chi connectivity index (χ1n) is 7.86. The summed E-state index contributed by atoms with van der Waals surface area (Å²) in [4.78, 5) is 24.3. The number of rotatable bonds is 4. The van der Waals surface area contributed by atoms with Gasteiger partial charge < -0.3 is 10.4 Å². The molecule has 0 aliphatic heterocycles. The number of carbonyl (C=O) groups is 2. The van der Waals surface area contributed by atoms with Crippen molar-refractivity contribution >= 4 is 51.4 Å². The fraction of sp³-hybridized carbons (Fsp3) is 0.0526. The highest BCUT2D eigenvalue weighted by Gasteiger charge is 2.32. The number of thiophene rings is 1. The summed E-state index contributed by atoms with van der Waals surface area (Å²) in [5.41, 5.74) is -0.753. The molecule has 1 amide bonds. The Morgan fingerprint density at radius 2 is 1.69 bits per heavy atom. The van der Waals surface area contributed by atoms with Crippen molar-refractivity contribution in [3.05, 3.63) is 74.6 Å². The summed E-state index contributed by atoms with van der Waals surface area (Å²) in [5, 5.41) is 13.7. The van der Waals surface area contributed by atoms with Gasteiger partial charge in [-0.1, -0.05) is 35.3 Å². The average Bonchev–Trinajstić information content (AvgIpc) is 3.05. The van der Waals surface area contributed by atoms with Crippen LogP contribution in [0.5, 0.6) is 0 Å². The summed E-state index contributed by atoms with van der Waals surface area (Å²) in [7, 11) is 0. The molecule has 3 aromatic rings. The number of carboxylic acid groups (broad SMARTS) is 1. The number of carboxylic acids is 1. The maximum Gasteiger partial charge on any atom is 0.416 e. The summed E-state index contributed by atoms with van der Waals surface area (Å²) >= 11 is 12.6. The number of hydrogen-bond acceptors (Lipinski definition) is 3. The van der Waals surface area contributed by atoms with E-state index >= 15 is 0 Å². The van der Waals surface area contributed by atoms with Crippen molar-refractivity contribution in [3.8, 4) is 11.1 Å². The minimum absolute atomic E-state index is 0.0269. The highest BCUT2D eigenvalue weighted by Crippen LogP contribution is 2.37. The van der Waals surface area contributed by atoms with E-state index in [4.69, 9.17) is 23.2 Å². The molecule has 0 saturated carbocycles. The third kappa shape index (κ3) is 4.55. The molecular formula is C19H10Cl2F3NO3S. The maximum atomic E-state index is 12.9. The Labute approximate surface area is 176 Å². The largest absolute Gasteiger partial charge is 0.478 e. The van der Waals surface area contributed by atoms with Gasteiger partial charge in [-0.2, -0.15) is 13.2 Å². The molecule has 0 aliphatic carbocycles. The number of anilines is 1. The zero-order valence-electron chi connectivity index (χ0n) is 14.2. The Hall–Kier alpha value is -2.55. The summed E-state index contributed by atoms with van der Waals surface area (Å²) in [6.45, 7) is 0. The number of aromatic carboxylic acids is 1. The first kappa shape index (κ1) is 21.2. The Balaban J connectivity index is 1.98. The number of amides is 1. The number of nitrogens with one attached hydrogen (secondary N) is 1. The van der Waals surface area contributed by atoms with Crippen molar-refractivity contribution < 1.29 is 27.9 Å². The first-order chi connectivity index (χ1) is 13.6. The van der Waals surface area contributed by atoms with E-state index in [2.05, 4.69) is 5.32 Å². The smallest absolute Gasteiger partial charge is 0.416 e. The van der Waals surface area contributed by atoms with Gasteiger partial charge in [0, 0.05) is 16.0 Å². The van der Waals surface area contributed by atoms with Gasteiger partial charge in [0.05, 0.1) is 16.1 Å². The highest BCUT2D eigenvalue weighted by molar-refractivity contribution is 7.15. The SMILES string of the molecule is O=C(Nc1scc(-c2ccc(Cl)cc2)c1C(=O)O)c1cc(C(F)(F)F)ccc1Cl. The molecule has 0 bridgehead atoms. The topological polar surface area (TPSA) is 66.4 Å². The van der Waals surface area contributed by atoms with Crippen LogP contribution in [0, 0.1) is 0 Å². The quantitative estimate of drug-likeness (QED) is 0.456. The fourth-order valence-electron chi connectivity index (χ4n) is 2.55. The number of alkyl halides is 3. The van der Waals surface area contributed by atoms with E-state index in [1.807, 2.05) is 0 Å². The minimum atomic E-state index is -4.66. The molecular weight excluding hydrogens is 450 g/mol. The Bertz CT molecular complexity index is 1100. The van der Waals surface area contributed by atoms with Crippen molar-refractivity contribution in [3.63, 3.8) is 0 Å². The van der Waals surface area contributed by atoms with E-state index in [0.717, 1.165) is 23.5 Å². The van der Waals surface area contributed by atoms with Gasteiger partial charge >= 0.3 is 12.1 Å². The molecule has 0 saturated heterocycles. The van der Waals surface area contributed by atoms with Gasteiger partial charge in [-0.3, -0.25) is 4.79 Å². The molecule has 10 heteroatoms. The van der Waals surface area contributed by atoms with Crippen LogP contribution in [0.2, 0.25) is 10.0 Å². The van der Waals surface area contributed by atoms with Crippen molar-refractivity contribution in [2.75, 3.05) is 5.32 Å². The fourth-order valence-corrected chi connectivity index (χ4v) is 3.84. The van der Waals surface area contributed by atoms with Crippen molar-refractivity contribution in [1.82, 2.24) is 0 Å². The molecule has 1 heterocycles. The van der Waals surface area contributed by atoms with E-state index in [0.29, 0.717) is 22.2 Å². The Kier molecular flexibility index (Phi) is 5.88. The van der Waals surface area contributed by atoms with Crippen LogP contribution in [0.4, 0.5) is 18.2 Å². The molecule has 0 fully saturated rings. The molecule has 0 atom stereocenters. The summed E-state index contributed by atoms with van der Waals surface area (Å²) in [6, 6.07) is 8.74. The van der Waals surface area contributed by atoms with Crippen molar-refractivity contribution in [1.29, 1.82) is 0 Å². The van der Waals surface area contributed by atoms with Gasteiger partial charge in [0.2, 0.25) is 0 Å². The van der Waals surface area contributed by atoms with E-state index in [-0.39, 0.29) is 15.6 Å². The van der Waals surface area contributed by atoms with Gasteiger partial charge in [-0.25, -0.2) is 4.79 Å². The standard InChI is InChI=1S/C19H10Cl2F3NO3S/c20-11-4-1-9(2-5-11)13-8-29-17(15(13)18(27)28)25-16(26)12-7-10(19(22,23)24)3-6-14(12)21/h1-8H,(H,25,26)(H,27,28). The molecule has 0 radical (unpaired) electrons. The zero-order valence-corrected chi connectivity index (χ0v) is 16.5. The second-order valence-corrected chi connectivity index (χ2v) is 7.54. The van der Waals surface area contributed by atoms with Gasteiger partial charge in [0.25, 0.3) is 5.91 Å². The van der Waals surface area contributed by atoms with Gasteiger partial charge in [0.1, 0.15) is 10.6 Å².